The van der Waals surface area contributed by atoms with Gasteiger partial charge in [0.15, 0.2) is 6.29 Å². The molecule has 45 heavy (non-hydrogen) atoms. The molecule has 0 aliphatic carbocycles. The van der Waals surface area contributed by atoms with E-state index in [0.717, 1.165) is 6.42 Å². The summed E-state index contributed by atoms with van der Waals surface area (Å²) in [5.41, 5.74) is -5.86. The maximum atomic E-state index is 12.1. The van der Waals surface area contributed by atoms with Gasteiger partial charge in [-0.25, -0.2) is 4.79 Å². The number of nitrogens with zero attached hydrogens (tertiary/aromatic N) is 1. The van der Waals surface area contributed by atoms with Crippen LogP contribution < -0.4 is 0 Å². The lowest BCUT2D eigenvalue weighted by Gasteiger charge is -2.36. The van der Waals surface area contributed by atoms with Crippen molar-refractivity contribution in [2.75, 3.05) is 39.8 Å². The van der Waals surface area contributed by atoms with Crippen molar-refractivity contribution < 1.29 is 54.0 Å². The number of hydrogen-bond acceptors (Lipinski definition) is 9. The fourth-order valence-electron chi connectivity index (χ4n) is 3.30. The monoisotopic (exact) mass is 729 g/mol. The molecule has 17 heteroatoms. The topological polar surface area (TPSA) is 118 Å². The Morgan fingerprint density at radius 1 is 1.02 bits per heavy atom. The molecule has 0 aromatic carbocycles. The predicted molar refractivity (Wildman–Crippen MR) is 172 cm³/mol. The van der Waals surface area contributed by atoms with Crippen LogP contribution in [0.2, 0.25) is 19.6 Å². The third kappa shape index (κ3) is 24.3. The Morgan fingerprint density at radius 3 is 1.82 bits per heavy atom. The Hall–Kier alpha value is -1.56. The average molecular weight is 731 g/mol. The number of halogens is 5. The second-order valence-corrected chi connectivity index (χ2v) is 18.2. The number of ether oxygens (including phenoxy) is 4. The van der Waals surface area contributed by atoms with Gasteiger partial charge in [-0.3, -0.25) is 4.79 Å². The van der Waals surface area contributed by atoms with Gasteiger partial charge in [0.25, 0.3) is 0 Å². The van der Waals surface area contributed by atoms with E-state index in [1.54, 1.807) is 26.2 Å². The second kappa shape index (κ2) is 23.7. The summed E-state index contributed by atoms with van der Waals surface area (Å²) in [5.74, 6) is 4.86. The van der Waals surface area contributed by atoms with Crippen LogP contribution in [-0.4, -0.2) is 96.8 Å². The molecular formula is C28H48Cl2F3NO9SSi. The number of ketones is 1. The van der Waals surface area contributed by atoms with Crippen LogP contribution in [0.25, 0.3) is 0 Å². The van der Waals surface area contributed by atoms with Gasteiger partial charge in [0.05, 0.1) is 17.4 Å². The maximum Gasteiger partial charge on any atom is 0.522 e. The van der Waals surface area contributed by atoms with Crippen LogP contribution in [-0.2, 0) is 37.7 Å². The molecular weight excluding hydrogens is 682 g/mol. The molecule has 2 atom stereocenters. The highest BCUT2D eigenvalue weighted by molar-refractivity contribution is 7.88. The van der Waals surface area contributed by atoms with Crippen LogP contribution in [0.5, 0.6) is 0 Å². The molecule has 10 nitrogen and oxygen atoms in total. The predicted octanol–water partition coefficient (Wildman–Crippen LogP) is 6.37. The fourth-order valence-corrected chi connectivity index (χ4v) is 6.31. The van der Waals surface area contributed by atoms with Gasteiger partial charge in [0.2, 0.25) is 8.32 Å². The minimum Gasteiger partial charge on any atom is -0.444 e. The molecule has 1 rings (SSSR count). The van der Waals surface area contributed by atoms with Gasteiger partial charge < -0.3 is 27.7 Å². The molecule has 0 N–H and O–H groups in total. The average Bonchev–Trinajstić information content (AvgIpc) is 2.89. The smallest absolute Gasteiger partial charge is 0.444 e. The summed E-state index contributed by atoms with van der Waals surface area (Å²) in [6.45, 7) is 10.3. The molecule has 0 aromatic heterocycles. The van der Waals surface area contributed by atoms with Gasteiger partial charge in [-0.1, -0.05) is 0 Å². The van der Waals surface area contributed by atoms with E-state index in [1.807, 2.05) is 20.8 Å². The van der Waals surface area contributed by atoms with E-state index in [0.29, 0.717) is 38.8 Å². The zero-order valence-electron chi connectivity index (χ0n) is 27.5. The quantitative estimate of drug-likeness (QED) is 0.0832. The molecule has 0 radical (unpaired) electrons. The summed E-state index contributed by atoms with van der Waals surface area (Å²) < 4.78 is 80.2. The van der Waals surface area contributed by atoms with Crippen molar-refractivity contribution in [3.05, 3.63) is 0 Å². The standard InChI is InChI=1S/C16H25NO4.C7H12O2.C4H9F3O3SSi.CH2Cl2/c1-6-7-8-14(20-5)12-11-17(10-9-13(12)18)15(19)21-16(2,3)4;1-4-5-6-7(8-2)9-3;1-12(2,3)10-11(8,9)4(5,6)7;2-1-3/h1,12,14H,7-11H2,2-5H3;1,7H,5-6H2,2-3H3;1-3H3;1H2. The van der Waals surface area contributed by atoms with Gasteiger partial charge in [0, 0.05) is 60.1 Å². The van der Waals surface area contributed by atoms with Crippen LogP contribution in [0.1, 0.15) is 52.9 Å². The van der Waals surface area contributed by atoms with Crippen LogP contribution in [0.3, 0.4) is 0 Å². The third-order valence-corrected chi connectivity index (χ3v) is 8.57. The lowest BCUT2D eigenvalue weighted by atomic mass is 9.89. The Balaban J connectivity index is -0.000000621. The fraction of sp³-hybridized carbons (Fsp3) is 0.786. The maximum absolute atomic E-state index is 12.1. The van der Waals surface area contributed by atoms with Crippen molar-refractivity contribution in [3.63, 3.8) is 0 Å². The molecule has 1 fully saturated rings. The number of piperidine rings is 1. The van der Waals surface area contributed by atoms with Crippen LogP contribution in [0.15, 0.2) is 0 Å². The Bertz CT molecular complexity index is 1030. The van der Waals surface area contributed by atoms with Crippen LogP contribution >= 0.6 is 23.2 Å². The zero-order chi connectivity index (χ0) is 36.1. The Labute approximate surface area is 278 Å². The minimum absolute atomic E-state index is 0.124. The molecule has 0 aromatic rings. The lowest BCUT2D eigenvalue weighted by molar-refractivity contribution is -0.131. The molecule has 0 spiro atoms. The van der Waals surface area contributed by atoms with Crippen LogP contribution in [0, 0.1) is 30.6 Å². The first-order valence-corrected chi connectivity index (χ1v) is 19.5. The highest BCUT2D eigenvalue weighted by Gasteiger charge is 2.49. The number of rotatable bonds is 10. The summed E-state index contributed by atoms with van der Waals surface area (Å²) in [5, 5.41) is 0.194. The van der Waals surface area contributed by atoms with Gasteiger partial charge in [-0.15, -0.1) is 47.9 Å². The van der Waals surface area contributed by atoms with Gasteiger partial charge in [0.1, 0.15) is 11.4 Å². The van der Waals surface area contributed by atoms with E-state index in [1.165, 1.54) is 19.6 Å². The van der Waals surface area contributed by atoms with Gasteiger partial charge in [-0.05, 0) is 46.8 Å². The first kappa shape index (κ1) is 47.8. The summed E-state index contributed by atoms with van der Waals surface area (Å²) in [6.07, 6.45) is 12.5. The molecule has 1 heterocycles. The number of terminal acetylenes is 2. The SMILES string of the molecule is C#CCCC(OC)C1CN(C(=O)OC(C)(C)C)CCC1=O.C#CCCC(OC)OC.C[Si](C)(C)OS(=O)(=O)C(F)(F)F.ClCCl. The van der Waals surface area contributed by atoms with Gasteiger partial charge >= 0.3 is 21.7 Å². The molecule has 2 unspecified atom stereocenters. The Morgan fingerprint density at radius 2 is 1.49 bits per heavy atom. The molecule has 1 aliphatic heterocycles. The molecule has 1 amide bonds. The van der Waals surface area contributed by atoms with E-state index in [9.17, 15) is 31.2 Å². The first-order valence-electron chi connectivity index (χ1n) is 13.6. The number of alkyl halides is 5. The van der Waals surface area contributed by atoms with E-state index < -0.39 is 29.5 Å². The van der Waals surface area contributed by atoms with Crippen molar-refractivity contribution in [1.29, 1.82) is 0 Å². The van der Waals surface area contributed by atoms with E-state index in [2.05, 4.69) is 15.7 Å². The molecule has 1 saturated heterocycles. The first-order chi connectivity index (χ1) is 20.5. The number of likely N-dealkylation sites (tertiary alicyclic amines) is 1. The third-order valence-electron chi connectivity index (χ3n) is 5.13. The molecule has 0 saturated carbocycles. The lowest BCUT2D eigenvalue weighted by Crippen LogP contribution is -2.49. The van der Waals surface area contributed by atoms with Crippen LogP contribution in [0.4, 0.5) is 18.0 Å². The number of carbonyl (C=O) groups excluding carboxylic acids is 2. The van der Waals surface area contributed by atoms with Crippen molar-refractivity contribution in [3.8, 4) is 24.7 Å². The van der Waals surface area contributed by atoms with E-state index >= 15 is 0 Å². The second-order valence-electron chi connectivity index (χ2n) is 11.1. The van der Waals surface area contributed by atoms with E-state index in [4.69, 9.17) is 55.0 Å². The number of methoxy groups -OCH3 is 3. The number of amides is 1. The summed E-state index contributed by atoms with van der Waals surface area (Å²) >= 11 is 9.53. The molecule has 0 bridgehead atoms. The summed E-state index contributed by atoms with van der Waals surface area (Å²) in [4.78, 5) is 25.8. The normalized spacial score (nSPS) is 16.0. The molecule has 1 aliphatic rings. The minimum atomic E-state index is -5.39. The highest BCUT2D eigenvalue weighted by atomic mass is 35.5. The van der Waals surface area contributed by atoms with Crippen molar-refractivity contribution in [2.24, 2.45) is 5.92 Å². The number of Topliss-reactive ketones (excluding diaryl/α,β-unsaturated/α-hetero) is 1. The van der Waals surface area contributed by atoms with Crippen molar-refractivity contribution >= 4 is 53.5 Å². The number of carbonyl (C=O) groups is 2. The largest absolute Gasteiger partial charge is 0.522 e. The zero-order valence-corrected chi connectivity index (χ0v) is 30.8. The van der Waals surface area contributed by atoms with Crippen molar-refractivity contribution in [2.45, 2.75) is 96.0 Å². The molecule has 264 valence electrons. The summed E-state index contributed by atoms with van der Waals surface area (Å²) in [7, 11) is -3.33. The highest BCUT2D eigenvalue weighted by Crippen LogP contribution is 2.27. The van der Waals surface area contributed by atoms with Crippen molar-refractivity contribution in [1.82, 2.24) is 4.90 Å². The van der Waals surface area contributed by atoms with Gasteiger partial charge in [-0.2, -0.15) is 21.6 Å². The summed E-state index contributed by atoms with van der Waals surface area (Å²) in [6, 6.07) is 0. The number of hydrogen-bond donors (Lipinski definition) is 0. The Kier molecular flexibility index (Phi) is 25.2. The van der Waals surface area contributed by atoms with E-state index in [-0.39, 0.29) is 35.5 Å².